The molecule has 18 heavy (non-hydrogen) atoms. The van der Waals surface area contributed by atoms with Crippen LogP contribution in [0.2, 0.25) is 0 Å². The number of anilines is 2. The van der Waals surface area contributed by atoms with Crippen molar-refractivity contribution in [2.24, 2.45) is 0 Å². The number of rotatable bonds is 3. The Morgan fingerprint density at radius 1 is 1.50 bits per heavy atom. The third-order valence-electron chi connectivity index (χ3n) is 2.33. The zero-order valence-corrected chi connectivity index (χ0v) is 12.1. The van der Waals surface area contributed by atoms with Gasteiger partial charge in [0, 0.05) is 13.2 Å². The quantitative estimate of drug-likeness (QED) is 0.938. The Morgan fingerprint density at radius 3 is 2.78 bits per heavy atom. The minimum Gasteiger partial charge on any atom is -0.477 e. The first-order valence-electron chi connectivity index (χ1n) is 5.05. The van der Waals surface area contributed by atoms with E-state index in [2.05, 4.69) is 25.9 Å². The fraction of sp³-hybridized carbons (Fsp3) is 0.182. The number of aryl methyl sites for hydroxylation is 1. The first kappa shape index (κ1) is 13.0. The predicted molar refractivity (Wildman–Crippen MR) is 73.8 cm³/mol. The molecule has 0 aliphatic carbocycles. The van der Waals surface area contributed by atoms with Gasteiger partial charge in [0.05, 0.1) is 8.79 Å². The summed E-state index contributed by atoms with van der Waals surface area (Å²) in [6.45, 7) is 1.73. The maximum absolute atomic E-state index is 11.2. The molecule has 0 saturated carbocycles. The van der Waals surface area contributed by atoms with Crippen LogP contribution in [0.3, 0.4) is 0 Å². The highest BCUT2D eigenvalue weighted by Gasteiger charge is 2.18. The minimum absolute atomic E-state index is 0.0904. The topological polar surface area (TPSA) is 66.3 Å². The summed E-state index contributed by atoms with van der Waals surface area (Å²) in [5.74, 6) is -0.103. The molecule has 0 aliphatic rings. The molecule has 0 aromatic carbocycles. The van der Waals surface area contributed by atoms with Crippen LogP contribution in [0.15, 0.2) is 22.1 Å². The Kier molecular flexibility index (Phi) is 3.63. The Morgan fingerprint density at radius 2 is 2.22 bits per heavy atom. The standard InChI is InChI=1S/C11H10BrN3O2S/c1-6-13-5-7(11(16)17)10(14-6)15(2)9-4-3-8(12)18-9/h3-5H,1-2H3,(H,16,17). The van der Waals surface area contributed by atoms with Crippen LogP contribution in [0, 0.1) is 6.92 Å². The number of aromatic carboxylic acids is 1. The summed E-state index contributed by atoms with van der Waals surface area (Å²) in [5, 5.41) is 10.1. The number of halogens is 1. The van der Waals surface area contributed by atoms with E-state index in [1.165, 1.54) is 17.5 Å². The van der Waals surface area contributed by atoms with Gasteiger partial charge in [-0.2, -0.15) is 0 Å². The summed E-state index contributed by atoms with van der Waals surface area (Å²) in [6, 6.07) is 3.81. The second-order valence-corrected chi connectivity index (χ2v) is 6.04. The van der Waals surface area contributed by atoms with Crippen LogP contribution in [-0.4, -0.2) is 28.1 Å². The molecule has 0 fully saturated rings. The third-order valence-corrected chi connectivity index (χ3v) is 4.03. The van der Waals surface area contributed by atoms with Gasteiger partial charge in [-0.3, -0.25) is 0 Å². The summed E-state index contributed by atoms with van der Waals surface area (Å²) in [6.07, 6.45) is 1.33. The van der Waals surface area contributed by atoms with Gasteiger partial charge in [-0.25, -0.2) is 14.8 Å². The van der Waals surface area contributed by atoms with Crippen LogP contribution in [0.25, 0.3) is 0 Å². The number of carbonyl (C=O) groups is 1. The molecule has 94 valence electrons. The van der Waals surface area contributed by atoms with Crippen molar-refractivity contribution in [3.8, 4) is 0 Å². The van der Waals surface area contributed by atoms with Gasteiger partial charge < -0.3 is 10.0 Å². The first-order valence-corrected chi connectivity index (χ1v) is 6.66. The Labute approximate surface area is 116 Å². The SMILES string of the molecule is Cc1ncc(C(=O)O)c(N(C)c2ccc(Br)s2)n1. The first-order chi connectivity index (χ1) is 8.49. The lowest BCUT2D eigenvalue weighted by Crippen LogP contribution is -2.16. The van der Waals surface area contributed by atoms with Crippen molar-refractivity contribution < 1.29 is 9.90 Å². The minimum atomic E-state index is -1.03. The van der Waals surface area contributed by atoms with E-state index in [-0.39, 0.29) is 5.56 Å². The Hall–Kier alpha value is -1.47. The van der Waals surface area contributed by atoms with Crippen LogP contribution in [0.5, 0.6) is 0 Å². The second kappa shape index (κ2) is 5.03. The zero-order chi connectivity index (χ0) is 13.3. The number of carboxylic acid groups (broad SMARTS) is 1. The summed E-state index contributed by atoms with van der Waals surface area (Å²) < 4.78 is 0.979. The average molecular weight is 328 g/mol. The molecule has 0 spiro atoms. The van der Waals surface area contributed by atoms with Crippen molar-refractivity contribution in [1.29, 1.82) is 0 Å². The number of hydrogen-bond acceptors (Lipinski definition) is 5. The van der Waals surface area contributed by atoms with Gasteiger partial charge in [0.15, 0.2) is 5.82 Å². The van der Waals surface area contributed by atoms with Crippen molar-refractivity contribution in [1.82, 2.24) is 9.97 Å². The van der Waals surface area contributed by atoms with E-state index in [9.17, 15) is 4.79 Å². The number of aromatic nitrogens is 2. The van der Waals surface area contributed by atoms with Crippen molar-refractivity contribution in [3.05, 3.63) is 33.5 Å². The Balaban J connectivity index is 2.49. The van der Waals surface area contributed by atoms with E-state index in [1.807, 2.05) is 12.1 Å². The molecule has 0 atom stereocenters. The van der Waals surface area contributed by atoms with Gasteiger partial charge in [-0.05, 0) is 35.0 Å². The Bertz CT molecular complexity index is 600. The fourth-order valence-corrected chi connectivity index (χ4v) is 2.78. The van der Waals surface area contributed by atoms with Crippen LogP contribution in [-0.2, 0) is 0 Å². The zero-order valence-electron chi connectivity index (χ0n) is 9.72. The van der Waals surface area contributed by atoms with E-state index < -0.39 is 5.97 Å². The van der Waals surface area contributed by atoms with E-state index in [1.54, 1.807) is 18.9 Å². The van der Waals surface area contributed by atoms with Gasteiger partial charge in [-0.15, -0.1) is 11.3 Å². The number of nitrogens with zero attached hydrogens (tertiary/aromatic N) is 3. The second-order valence-electron chi connectivity index (χ2n) is 3.60. The molecule has 7 heteroatoms. The normalized spacial score (nSPS) is 10.4. The number of thiophene rings is 1. The van der Waals surface area contributed by atoms with Crippen LogP contribution in [0.4, 0.5) is 10.8 Å². The van der Waals surface area contributed by atoms with Crippen molar-refractivity contribution in [3.63, 3.8) is 0 Å². The van der Waals surface area contributed by atoms with Gasteiger partial charge in [-0.1, -0.05) is 0 Å². The van der Waals surface area contributed by atoms with Gasteiger partial charge in [0.1, 0.15) is 11.4 Å². The summed E-state index contributed by atoms with van der Waals surface area (Å²) >= 11 is 4.88. The van der Waals surface area contributed by atoms with Gasteiger partial charge >= 0.3 is 5.97 Å². The molecule has 2 aromatic heterocycles. The molecule has 0 bridgehead atoms. The molecule has 2 heterocycles. The van der Waals surface area contributed by atoms with Crippen molar-refractivity contribution in [2.45, 2.75) is 6.92 Å². The molecule has 0 amide bonds. The van der Waals surface area contributed by atoms with Crippen molar-refractivity contribution in [2.75, 3.05) is 11.9 Å². The molecular weight excluding hydrogens is 318 g/mol. The predicted octanol–water partition coefficient (Wildman–Crippen LogP) is 3.08. The number of carboxylic acids is 1. The van der Waals surface area contributed by atoms with Crippen LogP contribution in [0.1, 0.15) is 16.2 Å². The lowest BCUT2D eigenvalue weighted by Gasteiger charge is -2.18. The molecule has 0 saturated heterocycles. The molecule has 5 nitrogen and oxygen atoms in total. The number of hydrogen-bond donors (Lipinski definition) is 1. The molecule has 2 rings (SSSR count). The third kappa shape index (κ3) is 2.51. The molecule has 1 N–H and O–H groups in total. The smallest absolute Gasteiger partial charge is 0.341 e. The lowest BCUT2D eigenvalue weighted by atomic mass is 10.3. The maximum atomic E-state index is 11.2. The fourth-order valence-electron chi connectivity index (χ4n) is 1.45. The van der Waals surface area contributed by atoms with Gasteiger partial charge in [0.2, 0.25) is 0 Å². The molecular formula is C11H10BrN3O2S. The molecule has 0 unspecified atom stereocenters. The van der Waals surface area contributed by atoms with E-state index >= 15 is 0 Å². The largest absolute Gasteiger partial charge is 0.477 e. The highest BCUT2D eigenvalue weighted by molar-refractivity contribution is 9.11. The average Bonchev–Trinajstić information content (AvgIpc) is 2.74. The molecule has 0 radical (unpaired) electrons. The van der Waals surface area contributed by atoms with E-state index in [0.29, 0.717) is 11.6 Å². The highest BCUT2D eigenvalue weighted by atomic mass is 79.9. The summed E-state index contributed by atoms with van der Waals surface area (Å²) in [4.78, 5) is 21.0. The molecule has 2 aromatic rings. The van der Waals surface area contributed by atoms with Crippen molar-refractivity contribution >= 4 is 44.1 Å². The van der Waals surface area contributed by atoms with Crippen LogP contribution >= 0.6 is 27.3 Å². The monoisotopic (exact) mass is 327 g/mol. The summed E-state index contributed by atoms with van der Waals surface area (Å²) in [7, 11) is 1.78. The van der Waals surface area contributed by atoms with E-state index in [0.717, 1.165) is 8.79 Å². The highest BCUT2D eigenvalue weighted by Crippen LogP contribution is 2.33. The van der Waals surface area contributed by atoms with Crippen LogP contribution < -0.4 is 4.90 Å². The van der Waals surface area contributed by atoms with E-state index in [4.69, 9.17) is 5.11 Å². The lowest BCUT2D eigenvalue weighted by molar-refractivity contribution is 0.0697. The summed E-state index contributed by atoms with van der Waals surface area (Å²) in [5.41, 5.74) is 0.0904. The molecule has 0 aliphatic heterocycles. The van der Waals surface area contributed by atoms with Gasteiger partial charge in [0.25, 0.3) is 0 Å². The maximum Gasteiger partial charge on any atom is 0.341 e.